The van der Waals surface area contributed by atoms with Crippen LogP contribution in [-0.4, -0.2) is 23.7 Å². The smallest absolute Gasteiger partial charge is 0.331 e. The van der Waals surface area contributed by atoms with Gasteiger partial charge in [-0.25, -0.2) is 4.79 Å². The Morgan fingerprint density at radius 1 is 1.32 bits per heavy atom. The number of hydrogen-bond donors (Lipinski definition) is 0. The molecule has 0 aromatic carbocycles. The highest BCUT2D eigenvalue weighted by atomic mass is 35.5. The third-order valence-corrected chi connectivity index (χ3v) is 3.07. The van der Waals surface area contributed by atoms with Gasteiger partial charge >= 0.3 is 5.97 Å². The summed E-state index contributed by atoms with van der Waals surface area (Å²) >= 11 is 5.73. The lowest BCUT2D eigenvalue weighted by molar-refractivity contribution is -0.145. The molecule has 108 valence electrons. The third kappa shape index (κ3) is 8.60. The van der Waals surface area contributed by atoms with E-state index in [0.717, 1.165) is 24.8 Å². The van der Waals surface area contributed by atoms with Crippen LogP contribution in [0.15, 0.2) is 24.3 Å². The first-order valence-corrected chi connectivity index (χ1v) is 7.06. The Morgan fingerprint density at radius 3 is 2.58 bits per heavy atom. The zero-order chi connectivity index (χ0) is 14.7. The first kappa shape index (κ1) is 17.9. The van der Waals surface area contributed by atoms with E-state index in [1.165, 1.54) is 0 Å². The quantitative estimate of drug-likeness (QED) is 0.202. The number of allylic oxidation sites excluding steroid dienone is 3. The second-order valence-corrected chi connectivity index (χ2v) is 4.79. The third-order valence-electron chi connectivity index (χ3n) is 2.65. The van der Waals surface area contributed by atoms with E-state index in [4.69, 9.17) is 16.3 Å². The number of carbonyl (C=O) groups is 2. The number of hydrogen-bond acceptors (Lipinski definition) is 3. The van der Waals surface area contributed by atoms with Crippen molar-refractivity contribution >= 4 is 23.4 Å². The molecule has 0 bridgehead atoms. The van der Waals surface area contributed by atoms with Crippen LogP contribution in [0.5, 0.6) is 0 Å². The molecule has 0 aromatic heterocycles. The Bertz CT molecular complexity index is 334. The molecule has 0 saturated carbocycles. The fourth-order valence-electron chi connectivity index (χ4n) is 1.51. The average Bonchev–Trinajstić information content (AvgIpc) is 2.40. The second-order valence-electron chi connectivity index (χ2n) is 4.35. The highest BCUT2D eigenvalue weighted by molar-refractivity contribution is 6.41. The maximum Gasteiger partial charge on any atom is 0.331 e. The predicted molar refractivity (Wildman–Crippen MR) is 78.3 cm³/mol. The Hall–Kier alpha value is -1.09. The van der Waals surface area contributed by atoms with Gasteiger partial charge in [-0.15, -0.1) is 18.2 Å². The lowest BCUT2D eigenvalue weighted by Crippen LogP contribution is -2.26. The molecule has 0 aromatic rings. The number of Topliss-reactive ketones (excluding diaryl/α,β-unsaturated/α-hetero) is 1. The summed E-state index contributed by atoms with van der Waals surface area (Å²) < 4.78 is 4.71. The number of ketones is 1. The summed E-state index contributed by atoms with van der Waals surface area (Å²) in [5.74, 6) is -0.930. The number of ether oxygens (including phenoxy) is 1. The highest BCUT2D eigenvalue weighted by Crippen LogP contribution is 2.12. The molecule has 0 N–H and O–H groups in total. The van der Waals surface area contributed by atoms with Crippen molar-refractivity contribution in [2.45, 2.75) is 51.3 Å². The predicted octanol–water partition coefficient (Wildman–Crippen LogP) is 3.81. The standard InChI is InChI=1S/C15H23ClO3/c1-4-6-7-8-9-12(3)10-11-13(17)14(16)15(18)19-5-2/h4,9,14H,1,5-8,10-11H2,2-3H3. The van der Waals surface area contributed by atoms with Crippen molar-refractivity contribution in [3.8, 4) is 0 Å². The first-order chi connectivity index (χ1) is 9.02. The molecule has 3 nitrogen and oxygen atoms in total. The second kappa shape index (κ2) is 10.8. The minimum absolute atomic E-state index is 0.234. The van der Waals surface area contributed by atoms with E-state index in [1.54, 1.807) is 6.92 Å². The van der Waals surface area contributed by atoms with Crippen LogP contribution in [0.25, 0.3) is 0 Å². The van der Waals surface area contributed by atoms with Crippen LogP contribution < -0.4 is 0 Å². The van der Waals surface area contributed by atoms with E-state index < -0.39 is 11.3 Å². The lowest BCUT2D eigenvalue weighted by Gasteiger charge is -2.07. The van der Waals surface area contributed by atoms with E-state index in [1.807, 2.05) is 13.0 Å². The summed E-state index contributed by atoms with van der Waals surface area (Å²) in [6.07, 6.45) is 7.96. The number of carbonyl (C=O) groups excluding carboxylic acids is 2. The molecule has 0 radical (unpaired) electrons. The fourth-order valence-corrected chi connectivity index (χ4v) is 1.68. The maximum atomic E-state index is 11.7. The van der Waals surface area contributed by atoms with Crippen molar-refractivity contribution < 1.29 is 14.3 Å². The highest BCUT2D eigenvalue weighted by Gasteiger charge is 2.24. The van der Waals surface area contributed by atoms with E-state index in [2.05, 4.69) is 12.7 Å². The van der Waals surface area contributed by atoms with Gasteiger partial charge in [0.2, 0.25) is 0 Å². The Balaban J connectivity index is 4.00. The fraction of sp³-hybridized carbons (Fsp3) is 0.600. The van der Waals surface area contributed by atoms with Gasteiger partial charge in [0.15, 0.2) is 11.2 Å². The van der Waals surface area contributed by atoms with Gasteiger partial charge in [0.1, 0.15) is 0 Å². The Labute approximate surface area is 120 Å². The molecule has 0 fully saturated rings. The van der Waals surface area contributed by atoms with Gasteiger partial charge < -0.3 is 4.74 Å². The molecule has 1 unspecified atom stereocenters. The Morgan fingerprint density at radius 2 is 2.00 bits per heavy atom. The van der Waals surface area contributed by atoms with E-state index in [0.29, 0.717) is 6.42 Å². The van der Waals surface area contributed by atoms with E-state index >= 15 is 0 Å². The SMILES string of the molecule is C=CCCCC=C(C)CCC(=O)C(Cl)C(=O)OCC. The van der Waals surface area contributed by atoms with Gasteiger partial charge in [0.25, 0.3) is 0 Å². The molecule has 0 spiro atoms. The van der Waals surface area contributed by atoms with Crippen LogP contribution in [0, 0.1) is 0 Å². The largest absolute Gasteiger partial charge is 0.465 e. The molecule has 19 heavy (non-hydrogen) atoms. The zero-order valence-corrected chi connectivity index (χ0v) is 12.5. The van der Waals surface area contributed by atoms with Gasteiger partial charge in [-0.05, 0) is 39.5 Å². The number of rotatable bonds is 10. The molecule has 0 heterocycles. The number of halogens is 1. The summed E-state index contributed by atoms with van der Waals surface area (Å²) in [5.41, 5.74) is 1.14. The van der Waals surface area contributed by atoms with Crippen LogP contribution in [-0.2, 0) is 14.3 Å². The van der Waals surface area contributed by atoms with Crippen LogP contribution in [0.4, 0.5) is 0 Å². The van der Waals surface area contributed by atoms with Crippen molar-refractivity contribution in [2.75, 3.05) is 6.61 Å². The molecular formula is C15H23ClO3. The van der Waals surface area contributed by atoms with Gasteiger partial charge in [-0.1, -0.05) is 17.7 Å². The topological polar surface area (TPSA) is 43.4 Å². The molecule has 0 amide bonds. The summed E-state index contributed by atoms with van der Waals surface area (Å²) in [4.78, 5) is 22.9. The number of unbranched alkanes of at least 4 members (excludes halogenated alkanes) is 2. The summed E-state index contributed by atoms with van der Waals surface area (Å²) in [5, 5.41) is -1.17. The average molecular weight is 287 g/mol. The van der Waals surface area contributed by atoms with Crippen molar-refractivity contribution in [2.24, 2.45) is 0 Å². The van der Waals surface area contributed by atoms with Crippen molar-refractivity contribution in [3.05, 3.63) is 24.3 Å². The van der Waals surface area contributed by atoms with Crippen molar-refractivity contribution in [1.29, 1.82) is 0 Å². The molecule has 0 aliphatic carbocycles. The van der Waals surface area contributed by atoms with Crippen LogP contribution >= 0.6 is 11.6 Å². The Kier molecular flexibility index (Phi) is 10.2. The van der Waals surface area contributed by atoms with Crippen LogP contribution in [0.3, 0.4) is 0 Å². The van der Waals surface area contributed by atoms with E-state index in [9.17, 15) is 9.59 Å². The number of esters is 1. The number of alkyl halides is 1. The molecule has 1 atom stereocenters. The van der Waals surface area contributed by atoms with Gasteiger partial charge in [0.05, 0.1) is 6.61 Å². The minimum atomic E-state index is -1.17. The summed E-state index contributed by atoms with van der Waals surface area (Å²) in [6, 6.07) is 0. The molecule has 4 heteroatoms. The minimum Gasteiger partial charge on any atom is -0.465 e. The van der Waals surface area contributed by atoms with Crippen molar-refractivity contribution in [1.82, 2.24) is 0 Å². The van der Waals surface area contributed by atoms with Crippen LogP contribution in [0.2, 0.25) is 0 Å². The maximum absolute atomic E-state index is 11.7. The van der Waals surface area contributed by atoms with Crippen LogP contribution in [0.1, 0.15) is 46.0 Å². The lowest BCUT2D eigenvalue weighted by atomic mass is 10.1. The first-order valence-electron chi connectivity index (χ1n) is 6.62. The van der Waals surface area contributed by atoms with E-state index in [-0.39, 0.29) is 18.8 Å². The molecule has 0 saturated heterocycles. The van der Waals surface area contributed by atoms with Gasteiger partial charge in [-0.2, -0.15) is 0 Å². The van der Waals surface area contributed by atoms with Crippen molar-refractivity contribution in [3.63, 3.8) is 0 Å². The molecule has 0 aliphatic heterocycles. The molecule has 0 rings (SSSR count). The monoisotopic (exact) mass is 286 g/mol. The van der Waals surface area contributed by atoms with Gasteiger partial charge in [0, 0.05) is 6.42 Å². The van der Waals surface area contributed by atoms with Gasteiger partial charge in [-0.3, -0.25) is 4.79 Å². The zero-order valence-electron chi connectivity index (χ0n) is 11.8. The summed E-state index contributed by atoms with van der Waals surface area (Å²) in [7, 11) is 0. The molecular weight excluding hydrogens is 264 g/mol. The molecule has 0 aliphatic rings. The normalized spacial score (nSPS) is 12.9. The summed E-state index contributed by atoms with van der Waals surface area (Å²) in [6.45, 7) is 7.56.